The standard InChI is InChI=1S/C29H30N4O5S/c1-3-37-24-11-7-22(8-12-24)31-26(34)19-25-27(35)33(23-9-5-21(6-10-23)28(36)38-4-2)29(39)32(25)18-15-20-13-16-30-17-14-20/h5-14,16-17,25H,3-4,15,18-19H2,1-2H3,(H,31,34)/t25-/m0/s1. The number of hydrogen-bond donors (Lipinski definition) is 1. The second-order valence-corrected chi connectivity index (χ2v) is 9.11. The van der Waals surface area contributed by atoms with Gasteiger partial charge in [-0.3, -0.25) is 19.5 Å². The summed E-state index contributed by atoms with van der Waals surface area (Å²) in [6.45, 7) is 4.89. The van der Waals surface area contributed by atoms with Crippen molar-refractivity contribution in [3.05, 3.63) is 84.2 Å². The molecule has 10 heteroatoms. The van der Waals surface area contributed by atoms with E-state index in [9.17, 15) is 14.4 Å². The molecule has 2 amide bonds. The minimum atomic E-state index is -0.785. The van der Waals surface area contributed by atoms with Gasteiger partial charge in [0.15, 0.2) is 5.11 Å². The number of nitrogens with zero attached hydrogens (tertiary/aromatic N) is 3. The molecule has 1 aromatic heterocycles. The average molecular weight is 547 g/mol. The second-order valence-electron chi connectivity index (χ2n) is 8.75. The SMILES string of the molecule is CCOC(=O)c1ccc(N2C(=O)[C@H](CC(=O)Nc3ccc(OCC)cc3)N(CCc3ccncc3)C2=S)cc1. The third-order valence-corrected chi connectivity index (χ3v) is 6.59. The molecule has 4 rings (SSSR count). The molecular formula is C29H30N4O5S. The minimum absolute atomic E-state index is 0.0834. The number of benzene rings is 2. The van der Waals surface area contributed by atoms with E-state index in [1.54, 1.807) is 72.7 Å². The van der Waals surface area contributed by atoms with Crippen LogP contribution in [0.3, 0.4) is 0 Å². The number of aromatic nitrogens is 1. The lowest BCUT2D eigenvalue weighted by molar-refractivity contribution is -0.124. The van der Waals surface area contributed by atoms with Crippen molar-refractivity contribution in [1.29, 1.82) is 0 Å². The Morgan fingerprint density at radius 1 is 0.974 bits per heavy atom. The maximum Gasteiger partial charge on any atom is 0.338 e. The van der Waals surface area contributed by atoms with Crippen LogP contribution in [0.25, 0.3) is 0 Å². The third kappa shape index (κ3) is 6.77. The normalized spacial score (nSPS) is 14.9. The molecule has 1 fully saturated rings. The lowest BCUT2D eigenvalue weighted by atomic mass is 10.1. The van der Waals surface area contributed by atoms with Crippen LogP contribution in [0, 0.1) is 0 Å². The lowest BCUT2D eigenvalue weighted by Crippen LogP contribution is -2.39. The number of amides is 2. The lowest BCUT2D eigenvalue weighted by Gasteiger charge is -2.24. The minimum Gasteiger partial charge on any atom is -0.494 e. The maximum atomic E-state index is 13.7. The van der Waals surface area contributed by atoms with E-state index >= 15 is 0 Å². The number of pyridine rings is 1. The van der Waals surface area contributed by atoms with E-state index in [1.165, 1.54) is 4.90 Å². The zero-order valence-electron chi connectivity index (χ0n) is 21.8. The molecule has 0 bridgehead atoms. The van der Waals surface area contributed by atoms with Crippen LogP contribution in [-0.2, 0) is 20.7 Å². The van der Waals surface area contributed by atoms with Crippen LogP contribution in [0.5, 0.6) is 5.75 Å². The molecule has 9 nitrogen and oxygen atoms in total. The van der Waals surface area contributed by atoms with Gasteiger partial charge >= 0.3 is 5.97 Å². The zero-order chi connectivity index (χ0) is 27.8. The van der Waals surface area contributed by atoms with Crippen molar-refractivity contribution in [3.63, 3.8) is 0 Å². The number of thiocarbonyl (C=S) groups is 1. The van der Waals surface area contributed by atoms with Crippen LogP contribution in [-0.4, -0.2) is 58.6 Å². The van der Waals surface area contributed by atoms with Crippen LogP contribution < -0.4 is 15.0 Å². The molecule has 0 spiro atoms. The fourth-order valence-electron chi connectivity index (χ4n) is 4.27. The highest BCUT2D eigenvalue weighted by Crippen LogP contribution is 2.28. The first-order valence-corrected chi connectivity index (χ1v) is 13.2. The first-order valence-electron chi connectivity index (χ1n) is 12.7. The summed E-state index contributed by atoms with van der Waals surface area (Å²) >= 11 is 5.74. The quantitative estimate of drug-likeness (QED) is 0.282. The Kier molecular flexibility index (Phi) is 9.22. The van der Waals surface area contributed by atoms with Gasteiger partial charge in [-0.15, -0.1) is 0 Å². The van der Waals surface area contributed by atoms with Gasteiger partial charge in [-0.2, -0.15) is 0 Å². The fraction of sp³-hybridized carbons (Fsp3) is 0.276. The number of anilines is 2. The predicted octanol–water partition coefficient (Wildman–Crippen LogP) is 4.23. The Labute approximate surface area is 232 Å². The Morgan fingerprint density at radius 3 is 2.31 bits per heavy atom. The van der Waals surface area contributed by atoms with Crippen molar-refractivity contribution in [2.45, 2.75) is 32.7 Å². The molecule has 39 heavy (non-hydrogen) atoms. The Balaban J connectivity index is 1.53. The van der Waals surface area contributed by atoms with Crippen molar-refractivity contribution in [2.24, 2.45) is 0 Å². The number of esters is 1. The number of carbonyl (C=O) groups excluding carboxylic acids is 3. The topological polar surface area (TPSA) is 101 Å². The third-order valence-electron chi connectivity index (χ3n) is 6.17. The molecule has 1 aliphatic rings. The Morgan fingerprint density at radius 2 is 1.67 bits per heavy atom. The van der Waals surface area contributed by atoms with Gasteiger partial charge < -0.3 is 19.7 Å². The van der Waals surface area contributed by atoms with Gasteiger partial charge in [0.25, 0.3) is 5.91 Å². The first-order chi connectivity index (χ1) is 18.9. The average Bonchev–Trinajstić information content (AvgIpc) is 3.17. The summed E-state index contributed by atoms with van der Waals surface area (Å²) in [5.74, 6) is -0.352. The van der Waals surface area contributed by atoms with Crippen LogP contribution in [0.4, 0.5) is 11.4 Å². The molecule has 1 saturated heterocycles. The molecule has 3 aromatic rings. The van der Waals surface area contributed by atoms with E-state index in [0.717, 1.165) is 5.56 Å². The predicted molar refractivity (Wildman–Crippen MR) is 152 cm³/mol. The van der Waals surface area contributed by atoms with Crippen molar-refractivity contribution < 1.29 is 23.9 Å². The molecule has 0 saturated carbocycles. The summed E-state index contributed by atoms with van der Waals surface area (Å²) in [5, 5.41) is 3.16. The molecule has 1 atom stereocenters. The summed E-state index contributed by atoms with van der Waals surface area (Å²) in [6.07, 6.45) is 3.95. The van der Waals surface area contributed by atoms with Crippen LogP contribution >= 0.6 is 12.2 Å². The van der Waals surface area contributed by atoms with E-state index in [-0.39, 0.29) is 24.8 Å². The molecule has 0 radical (unpaired) electrons. The molecule has 0 aliphatic carbocycles. The number of rotatable bonds is 11. The largest absolute Gasteiger partial charge is 0.494 e. The molecular weight excluding hydrogens is 516 g/mol. The van der Waals surface area contributed by atoms with Gasteiger partial charge in [-0.25, -0.2) is 4.79 Å². The van der Waals surface area contributed by atoms with Crippen LogP contribution in [0.1, 0.15) is 36.2 Å². The van der Waals surface area contributed by atoms with Gasteiger partial charge in [-0.1, -0.05) is 0 Å². The van der Waals surface area contributed by atoms with Crippen LogP contribution in [0.15, 0.2) is 73.1 Å². The highest BCUT2D eigenvalue weighted by molar-refractivity contribution is 7.80. The number of ether oxygens (including phenoxy) is 2. The summed E-state index contributed by atoms with van der Waals surface area (Å²) in [6, 6.07) is 16.6. The zero-order valence-corrected chi connectivity index (χ0v) is 22.6. The van der Waals surface area contributed by atoms with E-state index in [2.05, 4.69) is 10.3 Å². The summed E-state index contributed by atoms with van der Waals surface area (Å²) in [7, 11) is 0. The van der Waals surface area contributed by atoms with Crippen molar-refractivity contribution >= 4 is 46.5 Å². The van der Waals surface area contributed by atoms with Gasteiger partial charge in [0.1, 0.15) is 11.8 Å². The van der Waals surface area contributed by atoms with Crippen molar-refractivity contribution in [2.75, 3.05) is 30.0 Å². The van der Waals surface area contributed by atoms with E-state index in [0.29, 0.717) is 47.4 Å². The second kappa shape index (κ2) is 13.0. The van der Waals surface area contributed by atoms with E-state index < -0.39 is 12.0 Å². The van der Waals surface area contributed by atoms with Crippen molar-refractivity contribution in [1.82, 2.24) is 9.88 Å². The number of carbonyl (C=O) groups is 3. The van der Waals surface area contributed by atoms with E-state index in [1.807, 2.05) is 19.1 Å². The molecule has 0 unspecified atom stereocenters. The smallest absolute Gasteiger partial charge is 0.338 e. The highest BCUT2D eigenvalue weighted by atomic mass is 32.1. The Bertz CT molecular complexity index is 1320. The fourth-order valence-corrected chi connectivity index (χ4v) is 4.69. The van der Waals surface area contributed by atoms with Gasteiger partial charge in [0.2, 0.25) is 5.91 Å². The molecule has 2 heterocycles. The van der Waals surface area contributed by atoms with Gasteiger partial charge in [0, 0.05) is 24.6 Å². The van der Waals surface area contributed by atoms with Crippen LogP contribution in [0.2, 0.25) is 0 Å². The first kappa shape index (κ1) is 27.7. The maximum absolute atomic E-state index is 13.7. The summed E-state index contributed by atoms with van der Waals surface area (Å²) in [5.41, 5.74) is 2.53. The highest BCUT2D eigenvalue weighted by Gasteiger charge is 2.44. The van der Waals surface area contributed by atoms with E-state index in [4.69, 9.17) is 21.7 Å². The Hall–Kier alpha value is -4.31. The monoisotopic (exact) mass is 546 g/mol. The summed E-state index contributed by atoms with van der Waals surface area (Å²) < 4.78 is 10.5. The molecule has 1 N–H and O–H groups in total. The number of nitrogens with one attached hydrogen (secondary N) is 1. The summed E-state index contributed by atoms with van der Waals surface area (Å²) in [4.78, 5) is 46.0. The van der Waals surface area contributed by atoms with Gasteiger partial charge in [-0.05, 0) is 98.7 Å². The molecule has 202 valence electrons. The number of hydrogen-bond acceptors (Lipinski definition) is 7. The molecule has 1 aliphatic heterocycles. The van der Waals surface area contributed by atoms with Crippen molar-refractivity contribution in [3.8, 4) is 5.75 Å². The van der Waals surface area contributed by atoms with Gasteiger partial charge in [0.05, 0.1) is 30.9 Å². The molecule has 2 aromatic carbocycles.